The first-order valence-corrected chi connectivity index (χ1v) is 8.91. The van der Waals surface area contributed by atoms with E-state index in [1.807, 2.05) is 0 Å². The van der Waals surface area contributed by atoms with E-state index in [2.05, 4.69) is 5.32 Å². The van der Waals surface area contributed by atoms with Crippen LogP contribution in [0.15, 0.2) is 24.3 Å². The van der Waals surface area contributed by atoms with Crippen LogP contribution >= 0.6 is 12.2 Å². The lowest BCUT2D eigenvalue weighted by Crippen LogP contribution is -2.35. The maximum Gasteiger partial charge on any atom is 0.414 e. The van der Waals surface area contributed by atoms with E-state index in [4.69, 9.17) is 31.2 Å². The Balaban J connectivity index is 1.51. The molecule has 2 aliphatic heterocycles. The van der Waals surface area contributed by atoms with Gasteiger partial charge < -0.3 is 24.3 Å². The SMILES string of the molecule is COCCOC(=S)NC[C@H]1CN(c2ccc(N3CCOC3=O)cc2)C(=O)O1. The zero-order valence-corrected chi connectivity index (χ0v) is 15.7. The fourth-order valence-electron chi connectivity index (χ4n) is 2.75. The minimum atomic E-state index is -0.429. The Labute approximate surface area is 162 Å². The number of carbonyl (C=O) groups is 2. The number of amides is 2. The monoisotopic (exact) mass is 395 g/mol. The number of benzene rings is 1. The van der Waals surface area contributed by atoms with Gasteiger partial charge in [0.15, 0.2) is 0 Å². The molecule has 2 fully saturated rings. The second-order valence-electron chi connectivity index (χ2n) is 5.91. The maximum absolute atomic E-state index is 12.1. The normalized spacial score (nSPS) is 19.1. The summed E-state index contributed by atoms with van der Waals surface area (Å²) in [6, 6.07) is 7.10. The van der Waals surface area contributed by atoms with Crippen LogP contribution in [0, 0.1) is 0 Å². The molecule has 2 amide bonds. The van der Waals surface area contributed by atoms with Gasteiger partial charge in [0, 0.05) is 18.5 Å². The van der Waals surface area contributed by atoms with E-state index in [9.17, 15) is 9.59 Å². The summed E-state index contributed by atoms with van der Waals surface area (Å²) in [5.74, 6) is 0. The molecular formula is C17H21N3O6S. The van der Waals surface area contributed by atoms with Gasteiger partial charge in [-0.25, -0.2) is 9.59 Å². The summed E-state index contributed by atoms with van der Waals surface area (Å²) in [6.45, 7) is 2.44. The number of cyclic esters (lactones) is 2. The first-order chi connectivity index (χ1) is 13.1. The van der Waals surface area contributed by atoms with Gasteiger partial charge in [-0.3, -0.25) is 9.80 Å². The minimum absolute atomic E-state index is 0.239. The molecule has 1 aromatic rings. The molecule has 9 nitrogen and oxygen atoms in total. The molecule has 0 aromatic heterocycles. The molecule has 3 rings (SSSR count). The smallest absolute Gasteiger partial charge is 0.414 e. The summed E-state index contributed by atoms with van der Waals surface area (Å²) in [6.07, 6.45) is -1.14. The number of ether oxygens (including phenoxy) is 4. The number of anilines is 2. The lowest BCUT2D eigenvalue weighted by molar-refractivity contribution is 0.133. The molecule has 2 heterocycles. The van der Waals surface area contributed by atoms with E-state index < -0.39 is 6.09 Å². The van der Waals surface area contributed by atoms with E-state index in [0.29, 0.717) is 45.1 Å². The topological polar surface area (TPSA) is 89.6 Å². The molecule has 27 heavy (non-hydrogen) atoms. The molecule has 1 atom stereocenters. The number of nitrogens with zero attached hydrogens (tertiary/aromatic N) is 2. The van der Waals surface area contributed by atoms with Crippen LogP contribution in [0.5, 0.6) is 0 Å². The van der Waals surface area contributed by atoms with Gasteiger partial charge in [0.2, 0.25) is 0 Å². The van der Waals surface area contributed by atoms with Crippen molar-refractivity contribution in [1.29, 1.82) is 0 Å². The van der Waals surface area contributed by atoms with Crippen molar-refractivity contribution in [3.63, 3.8) is 0 Å². The molecule has 2 saturated heterocycles. The van der Waals surface area contributed by atoms with Crippen LogP contribution in [0.2, 0.25) is 0 Å². The Bertz CT molecular complexity index is 698. The van der Waals surface area contributed by atoms with Crippen LogP contribution in [-0.4, -0.2) is 70.0 Å². The van der Waals surface area contributed by atoms with Crippen LogP contribution in [0.1, 0.15) is 0 Å². The van der Waals surface area contributed by atoms with Gasteiger partial charge in [0.25, 0.3) is 5.17 Å². The number of hydrogen-bond acceptors (Lipinski definition) is 7. The first-order valence-electron chi connectivity index (χ1n) is 8.50. The number of methoxy groups -OCH3 is 1. The third-order valence-electron chi connectivity index (χ3n) is 4.10. The van der Waals surface area contributed by atoms with Crippen LogP contribution in [-0.2, 0) is 18.9 Å². The summed E-state index contributed by atoms with van der Waals surface area (Å²) < 4.78 is 20.4. The highest BCUT2D eigenvalue weighted by Gasteiger charge is 2.32. The van der Waals surface area contributed by atoms with Crippen LogP contribution in [0.25, 0.3) is 0 Å². The van der Waals surface area contributed by atoms with Gasteiger partial charge in [-0.1, -0.05) is 0 Å². The van der Waals surface area contributed by atoms with Gasteiger partial charge in [-0.05, 0) is 36.5 Å². The van der Waals surface area contributed by atoms with Gasteiger partial charge in [-0.2, -0.15) is 0 Å². The standard InChI is InChI=1S/C17H21N3O6S/c1-23-8-9-24-15(27)18-10-14-11-20(17(22)26-14)13-4-2-12(3-5-13)19-6-7-25-16(19)21/h2-5,14H,6-11H2,1H3,(H,18,27)/t14-/m0/s1. The van der Waals surface area contributed by atoms with Crippen molar-refractivity contribution in [2.24, 2.45) is 0 Å². The molecule has 0 aliphatic carbocycles. The largest absolute Gasteiger partial charge is 0.469 e. The fourth-order valence-corrected chi connectivity index (χ4v) is 2.91. The third-order valence-corrected chi connectivity index (χ3v) is 4.36. The molecule has 0 spiro atoms. The van der Waals surface area contributed by atoms with Crippen LogP contribution < -0.4 is 15.1 Å². The Morgan fingerprint density at radius 3 is 2.52 bits per heavy atom. The molecule has 2 aliphatic rings. The van der Waals surface area contributed by atoms with Gasteiger partial charge in [-0.15, -0.1) is 0 Å². The molecule has 10 heteroatoms. The molecule has 146 valence electrons. The molecule has 0 saturated carbocycles. The molecule has 1 N–H and O–H groups in total. The predicted molar refractivity (Wildman–Crippen MR) is 101 cm³/mol. The highest BCUT2D eigenvalue weighted by atomic mass is 32.1. The number of hydrogen-bond donors (Lipinski definition) is 1. The minimum Gasteiger partial charge on any atom is -0.469 e. The predicted octanol–water partition coefficient (Wildman–Crippen LogP) is 1.51. The van der Waals surface area contributed by atoms with E-state index in [1.165, 1.54) is 4.90 Å². The molecule has 1 aromatic carbocycles. The van der Waals surface area contributed by atoms with Crippen molar-refractivity contribution in [3.05, 3.63) is 24.3 Å². The van der Waals surface area contributed by atoms with Crippen molar-refractivity contribution < 1.29 is 28.5 Å². The lowest BCUT2D eigenvalue weighted by atomic mass is 10.2. The second-order valence-corrected chi connectivity index (χ2v) is 6.28. The fraction of sp³-hybridized carbons (Fsp3) is 0.471. The van der Waals surface area contributed by atoms with Crippen molar-refractivity contribution >= 4 is 41.0 Å². The Kier molecular flexibility index (Phi) is 6.30. The highest BCUT2D eigenvalue weighted by molar-refractivity contribution is 7.80. The van der Waals surface area contributed by atoms with E-state index in [1.54, 1.807) is 36.3 Å². The van der Waals surface area contributed by atoms with Crippen LogP contribution in [0.3, 0.4) is 0 Å². The quantitative estimate of drug-likeness (QED) is 0.549. The first kappa shape index (κ1) is 19.2. The Hall–Kier alpha value is -2.59. The van der Waals surface area contributed by atoms with Gasteiger partial charge in [0.05, 0.1) is 26.2 Å². The summed E-state index contributed by atoms with van der Waals surface area (Å²) in [4.78, 5) is 26.8. The van der Waals surface area contributed by atoms with Crippen molar-refractivity contribution in [3.8, 4) is 0 Å². The highest BCUT2D eigenvalue weighted by Crippen LogP contribution is 2.26. The average molecular weight is 395 g/mol. The Morgan fingerprint density at radius 2 is 1.89 bits per heavy atom. The zero-order chi connectivity index (χ0) is 19.2. The number of carbonyl (C=O) groups excluding carboxylic acids is 2. The van der Waals surface area contributed by atoms with Gasteiger partial charge >= 0.3 is 12.2 Å². The zero-order valence-electron chi connectivity index (χ0n) is 14.9. The van der Waals surface area contributed by atoms with E-state index in [-0.39, 0.29) is 17.4 Å². The van der Waals surface area contributed by atoms with Gasteiger partial charge in [0.1, 0.15) is 19.3 Å². The second kappa shape index (κ2) is 8.87. The summed E-state index contributed by atoms with van der Waals surface area (Å²) in [5, 5.41) is 3.16. The molecule has 0 radical (unpaired) electrons. The number of rotatable bonds is 7. The molecule has 0 bridgehead atoms. The summed E-state index contributed by atoms with van der Waals surface area (Å²) >= 11 is 5.05. The average Bonchev–Trinajstić information content (AvgIpc) is 3.26. The van der Waals surface area contributed by atoms with Crippen molar-refractivity contribution in [2.75, 3.05) is 56.4 Å². The Morgan fingerprint density at radius 1 is 1.19 bits per heavy atom. The lowest BCUT2D eigenvalue weighted by Gasteiger charge is -2.16. The molecular weight excluding hydrogens is 374 g/mol. The number of nitrogens with one attached hydrogen (secondary N) is 1. The summed E-state index contributed by atoms with van der Waals surface area (Å²) in [7, 11) is 1.58. The van der Waals surface area contributed by atoms with Crippen molar-refractivity contribution in [1.82, 2.24) is 5.32 Å². The maximum atomic E-state index is 12.1. The van der Waals surface area contributed by atoms with E-state index in [0.717, 1.165) is 5.69 Å². The van der Waals surface area contributed by atoms with Crippen LogP contribution in [0.4, 0.5) is 21.0 Å². The number of thiocarbonyl (C=S) groups is 1. The van der Waals surface area contributed by atoms with E-state index >= 15 is 0 Å². The summed E-state index contributed by atoms with van der Waals surface area (Å²) in [5.41, 5.74) is 1.42. The molecule has 0 unspecified atom stereocenters. The third kappa shape index (κ3) is 4.77. The van der Waals surface area contributed by atoms with Crippen molar-refractivity contribution in [2.45, 2.75) is 6.10 Å².